The molecule has 1 heterocycles. The molecule has 1 rings (SSSR count). The van der Waals surface area contributed by atoms with E-state index in [1.165, 1.54) is 11.3 Å². The summed E-state index contributed by atoms with van der Waals surface area (Å²) in [6.07, 6.45) is 1.58. The zero-order chi connectivity index (χ0) is 12.2. The molecule has 1 aromatic rings. The van der Waals surface area contributed by atoms with E-state index in [2.05, 4.69) is 22.1 Å². The lowest BCUT2D eigenvalue weighted by Crippen LogP contribution is -2.27. The number of aliphatic hydroxyl groups excluding tert-OH is 1. The minimum atomic E-state index is -0.442. The van der Waals surface area contributed by atoms with E-state index in [4.69, 9.17) is 5.11 Å². The number of thiazole rings is 1. The molecule has 0 saturated carbocycles. The first kappa shape index (κ1) is 12.7. The number of carbonyl (C=O) groups excluding carboxylic acids is 1. The number of nitrogens with zero attached hydrogens (tertiary/aromatic N) is 1. The Morgan fingerprint density at radius 1 is 1.62 bits per heavy atom. The average molecular weight is 238 g/mol. The van der Waals surface area contributed by atoms with Crippen molar-refractivity contribution in [2.24, 2.45) is 5.41 Å². The van der Waals surface area contributed by atoms with Crippen LogP contribution in [0.5, 0.6) is 0 Å². The second-order valence-corrected chi connectivity index (χ2v) is 5.22. The first-order valence-corrected chi connectivity index (χ1v) is 5.62. The van der Waals surface area contributed by atoms with Gasteiger partial charge in [0.15, 0.2) is 5.13 Å². The first-order chi connectivity index (χ1) is 7.43. The summed E-state index contributed by atoms with van der Waals surface area (Å²) >= 11 is 1.29. The Morgan fingerprint density at radius 3 is 2.88 bits per heavy atom. The Bertz CT molecular complexity index is 435. The van der Waals surface area contributed by atoms with E-state index in [9.17, 15) is 4.79 Å². The number of carbonyl (C=O) groups is 1. The van der Waals surface area contributed by atoms with Crippen LogP contribution in [0.25, 0.3) is 0 Å². The molecule has 0 fully saturated rings. The Balaban J connectivity index is 2.69. The lowest BCUT2D eigenvalue weighted by Gasteiger charge is -2.15. The van der Waals surface area contributed by atoms with Gasteiger partial charge in [0.25, 0.3) is 0 Å². The predicted molar refractivity (Wildman–Crippen MR) is 64.2 cm³/mol. The lowest BCUT2D eigenvalue weighted by molar-refractivity contribution is -0.123. The molecule has 0 saturated heterocycles. The van der Waals surface area contributed by atoms with E-state index in [0.717, 1.165) is 4.88 Å². The van der Waals surface area contributed by atoms with Crippen molar-refractivity contribution < 1.29 is 9.90 Å². The molecule has 0 aliphatic carbocycles. The van der Waals surface area contributed by atoms with Gasteiger partial charge in [-0.1, -0.05) is 43.9 Å². The van der Waals surface area contributed by atoms with Crippen LogP contribution in [0.2, 0.25) is 0 Å². The topological polar surface area (TPSA) is 62.2 Å². The Kier molecular flexibility index (Phi) is 4.05. The van der Waals surface area contributed by atoms with Gasteiger partial charge in [0, 0.05) is 5.41 Å². The molecular weight excluding hydrogens is 224 g/mol. The molecule has 0 aliphatic heterocycles. The zero-order valence-electron chi connectivity index (χ0n) is 9.50. The van der Waals surface area contributed by atoms with Crippen LogP contribution >= 0.6 is 11.3 Å². The van der Waals surface area contributed by atoms with Crippen LogP contribution in [0.3, 0.4) is 0 Å². The molecule has 1 amide bonds. The maximum Gasteiger partial charge on any atom is 0.231 e. The van der Waals surface area contributed by atoms with Gasteiger partial charge >= 0.3 is 0 Å². The number of aromatic nitrogens is 1. The minimum absolute atomic E-state index is 0.0801. The second kappa shape index (κ2) is 5.10. The van der Waals surface area contributed by atoms with Gasteiger partial charge in [-0.25, -0.2) is 4.98 Å². The Morgan fingerprint density at radius 2 is 2.31 bits per heavy atom. The standard InChI is InChI=1S/C11H14N2O2S/c1-11(2,3)9(15)13-10-12-7-8(16-10)5-4-6-14/h7,14H,6H2,1-3H3,(H,12,13,15). The number of rotatable bonds is 1. The third kappa shape index (κ3) is 3.65. The normalized spacial score (nSPS) is 10.5. The van der Waals surface area contributed by atoms with Crippen LogP contribution in [0.1, 0.15) is 25.6 Å². The highest BCUT2D eigenvalue weighted by Gasteiger charge is 2.21. The quantitative estimate of drug-likeness (QED) is 0.728. The van der Waals surface area contributed by atoms with Crippen molar-refractivity contribution in [1.29, 1.82) is 0 Å². The summed E-state index contributed by atoms with van der Waals surface area (Å²) in [5.41, 5.74) is -0.442. The number of anilines is 1. The molecule has 0 spiro atoms. The molecule has 0 atom stereocenters. The van der Waals surface area contributed by atoms with Crippen molar-refractivity contribution in [3.63, 3.8) is 0 Å². The monoisotopic (exact) mass is 238 g/mol. The number of amides is 1. The molecule has 2 N–H and O–H groups in total. The highest BCUT2D eigenvalue weighted by Crippen LogP contribution is 2.21. The van der Waals surface area contributed by atoms with Crippen LogP contribution in [-0.4, -0.2) is 22.6 Å². The van der Waals surface area contributed by atoms with E-state index in [0.29, 0.717) is 5.13 Å². The molecule has 16 heavy (non-hydrogen) atoms. The van der Waals surface area contributed by atoms with Gasteiger partial charge in [-0.3, -0.25) is 4.79 Å². The maximum absolute atomic E-state index is 11.6. The zero-order valence-corrected chi connectivity index (χ0v) is 10.3. The third-order valence-electron chi connectivity index (χ3n) is 1.70. The van der Waals surface area contributed by atoms with Crippen molar-refractivity contribution in [3.05, 3.63) is 11.1 Å². The van der Waals surface area contributed by atoms with Crippen molar-refractivity contribution in [2.45, 2.75) is 20.8 Å². The molecule has 86 valence electrons. The smallest absolute Gasteiger partial charge is 0.231 e. The Hall–Kier alpha value is -1.38. The number of hydrogen-bond acceptors (Lipinski definition) is 4. The van der Waals surface area contributed by atoms with Crippen molar-refractivity contribution in [1.82, 2.24) is 4.98 Å². The highest BCUT2D eigenvalue weighted by molar-refractivity contribution is 7.16. The van der Waals surface area contributed by atoms with Gasteiger partial charge in [0.1, 0.15) is 6.61 Å². The SMILES string of the molecule is CC(C)(C)C(=O)Nc1ncc(C#CCO)s1. The number of aliphatic hydroxyl groups is 1. The second-order valence-electron chi connectivity index (χ2n) is 4.19. The summed E-state index contributed by atoms with van der Waals surface area (Å²) in [6.45, 7) is 5.33. The molecule has 0 radical (unpaired) electrons. The first-order valence-electron chi connectivity index (χ1n) is 4.80. The van der Waals surface area contributed by atoms with Crippen LogP contribution < -0.4 is 5.32 Å². The van der Waals surface area contributed by atoms with E-state index < -0.39 is 5.41 Å². The summed E-state index contributed by atoms with van der Waals surface area (Å²) in [6, 6.07) is 0. The molecule has 0 aromatic carbocycles. The summed E-state index contributed by atoms with van der Waals surface area (Å²) in [7, 11) is 0. The van der Waals surface area contributed by atoms with Crippen molar-refractivity contribution in [2.75, 3.05) is 11.9 Å². The lowest BCUT2D eigenvalue weighted by atomic mass is 9.96. The number of nitrogens with one attached hydrogen (secondary N) is 1. The molecule has 5 heteroatoms. The van der Waals surface area contributed by atoms with Gasteiger partial charge in [0.05, 0.1) is 11.1 Å². The van der Waals surface area contributed by atoms with Crippen molar-refractivity contribution >= 4 is 22.4 Å². The Labute approximate surface area is 98.7 Å². The van der Waals surface area contributed by atoms with Crippen LogP contribution in [0, 0.1) is 17.3 Å². The van der Waals surface area contributed by atoms with Gasteiger partial charge in [0.2, 0.25) is 5.91 Å². The van der Waals surface area contributed by atoms with Gasteiger partial charge in [-0.2, -0.15) is 0 Å². The summed E-state index contributed by atoms with van der Waals surface area (Å²) in [5.74, 6) is 5.18. The van der Waals surface area contributed by atoms with Crippen LogP contribution in [-0.2, 0) is 4.79 Å². The molecule has 0 bridgehead atoms. The van der Waals surface area contributed by atoms with Gasteiger partial charge < -0.3 is 10.4 Å². The molecule has 0 unspecified atom stereocenters. The maximum atomic E-state index is 11.6. The fourth-order valence-electron chi connectivity index (χ4n) is 0.801. The summed E-state index contributed by atoms with van der Waals surface area (Å²) < 4.78 is 0. The minimum Gasteiger partial charge on any atom is -0.384 e. The third-order valence-corrected chi connectivity index (χ3v) is 2.53. The average Bonchev–Trinajstić information content (AvgIpc) is 2.61. The summed E-state index contributed by atoms with van der Waals surface area (Å²) in [5, 5.41) is 11.8. The van der Waals surface area contributed by atoms with Crippen LogP contribution in [0.15, 0.2) is 6.20 Å². The van der Waals surface area contributed by atoms with Gasteiger partial charge in [-0.15, -0.1) is 0 Å². The van der Waals surface area contributed by atoms with E-state index in [1.54, 1.807) is 6.20 Å². The van der Waals surface area contributed by atoms with Crippen LogP contribution in [0.4, 0.5) is 5.13 Å². The molecule has 0 aliphatic rings. The largest absolute Gasteiger partial charge is 0.384 e. The molecular formula is C11H14N2O2S. The van der Waals surface area contributed by atoms with E-state index in [1.807, 2.05) is 20.8 Å². The fraction of sp³-hybridized carbons (Fsp3) is 0.455. The molecule has 4 nitrogen and oxygen atoms in total. The van der Waals surface area contributed by atoms with Crippen molar-refractivity contribution in [3.8, 4) is 11.8 Å². The van der Waals surface area contributed by atoms with E-state index in [-0.39, 0.29) is 12.5 Å². The summed E-state index contributed by atoms with van der Waals surface area (Å²) in [4.78, 5) is 16.4. The highest BCUT2D eigenvalue weighted by atomic mass is 32.1. The van der Waals surface area contributed by atoms with E-state index >= 15 is 0 Å². The predicted octanol–water partition coefficient (Wildman–Crippen LogP) is 1.47. The fourth-order valence-corrected chi connectivity index (χ4v) is 1.49. The molecule has 1 aromatic heterocycles. The van der Waals surface area contributed by atoms with Gasteiger partial charge in [-0.05, 0) is 0 Å². The number of hydrogen-bond donors (Lipinski definition) is 2.